The van der Waals surface area contributed by atoms with E-state index in [0.29, 0.717) is 22.0 Å². The molecule has 0 fully saturated rings. The molecular formula is C24H23ClIN3O3S. The fraction of sp³-hybridized carbons (Fsp3) is 0.167. The molecule has 9 heteroatoms. The zero-order chi connectivity index (χ0) is 24.2. The molecule has 0 bridgehead atoms. The van der Waals surface area contributed by atoms with Gasteiger partial charge in [-0.05, 0) is 97.0 Å². The van der Waals surface area contributed by atoms with E-state index in [1.165, 1.54) is 12.1 Å². The van der Waals surface area contributed by atoms with Crippen LogP contribution in [0.15, 0.2) is 76.7 Å². The van der Waals surface area contributed by atoms with Crippen LogP contribution < -0.4 is 9.73 Å². The van der Waals surface area contributed by atoms with Crippen molar-refractivity contribution in [1.82, 2.24) is 5.43 Å². The van der Waals surface area contributed by atoms with Gasteiger partial charge < -0.3 is 0 Å². The number of nitrogens with one attached hydrogen (secondary N) is 1. The summed E-state index contributed by atoms with van der Waals surface area (Å²) in [6.45, 7) is 4.95. The van der Waals surface area contributed by atoms with Gasteiger partial charge in [-0.2, -0.15) is 5.10 Å². The van der Waals surface area contributed by atoms with Crippen molar-refractivity contribution in [3.05, 3.63) is 92.0 Å². The molecule has 0 saturated carbocycles. The van der Waals surface area contributed by atoms with Crippen LogP contribution in [0.25, 0.3) is 0 Å². The van der Waals surface area contributed by atoms with Crippen LogP contribution >= 0.6 is 34.2 Å². The van der Waals surface area contributed by atoms with Crippen molar-refractivity contribution < 1.29 is 13.2 Å². The lowest BCUT2D eigenvalue weighted by Gasteiger charge is -2.25. The summed E-state index contributed by atoms with van der Waals surface area (Å²) in [5.74, 6) is -0.565. The number of hydrogen-bond acceptors (Lipinski definition) is 4. The molecule has 172 valence electrons. The summed E-state index contributed by atoms with van der Waals surface area (Å²) in [4.78, 5) is 12.9. The van der Waals surface area contributed by atoms with Crippen LogP contribution in [0.5, 0.6) is 0 Å². The van der Waals surface area contributed by atoms with Gasteiger partial charge in [0.05, 0.1) is 16.3 Å². The van der Waals surface area contributed by atoms with E-state index in [9.17, 15) is 13.2 Å². The Morgan fingerprint density at radius 1 is 1.03 bits per heavy atom. The highest BCUT2D eigenvalue weighted by Gasteiger charge is 2.28. The van der Waals surface area contributed by atoms with Crippen LogP contribution in [0, 0.1) is 17.4 Å². The first-order valence-electron chi connectivity index (χ1n) is 10.0. The van der Waals surface area contributed by atoms with Gasteiger partial charge in [-0.15, -0.1) is 0 Å². The summed E-state index contributed by atoms with van der Waals surface area (Å²) in [6.07, 6.45) is 0. The van der Waals surface area contributed by atoms with E-state index in [4.69, 9.17) is 11.6 Å². The van der Waals surface area contributed by atoms with Crippen LogP contribution in [0.4, 0.5) is 5.69 Å². The van der Waals surface area contributed by atoms with Gasteiger partial charge in [0.1, 0.15) is 6.54 Å². The minimum Gasteiger partial charge on any atom is -0.271 e. The third kappa shape index (κ3) is 6.33. The molecule has 6 nitrogen and oxygen atoms in total. The molecule has 1 N–H and O–H groups in total. The van der Waals surface area contributed by atoms with Crippen LogP contribution in [-0.2, 0) is 14.8 Å². The Balaban J connectivity index is 1.91. The van der Waals surface area contributed by atoms with Crippen LogP contribution in [0.2, 0.25) is 5.02 Å². The van der Waals surface area contributed by atoms with Gasteiger partial charge in [-0.1, -0.05) is 41.4 Å². The number of rotatable bonds is 7. The maximum atomic E-state index is 13.5. The van der Waals surface area contributed by atoms with E-state index in [-0.39, 0.29) is 4.90 Å². The molecule has 0 aliphatic carbocycles. The van der Waals surface area contributed by atoms with E-state index in [1.54, 1.807) is 44.2 Å². The summed E-state index contributed by atoms with van der Waals surface area (Å²) in [6, 6.07) is 19.0. The minimum absolute atomic E-state index is 0.0915. The Hall–Kier alpha value is -2.43. The zero-order valence-corrected chi connectivity index (χ0v) is 22.1. The van der Waals surface area contributed by atoms with Crippen LogP contribution in [-0.4, -0.2) is 26.6 Å². The first kappa shape index (κ1) is 25.2. The smallest absolute Gasteiger partial charge is 0.264 e. The molecule has 0 atom stereocenters. The number of nitrogens with zero attached hydrogens (tertiary/aromatic N) is 2. The fourth-order valence-electron chi connectivity index (χ4n) is 3.10. The number of amides is 1. The van der Waals surface area contributed by atoms with Crippen molar-refractivity contribution >= 4 is 61.5 Å². The van der Waals surface area contributed by atoms with Gasteiger partial charge in [-0.3, -0.25) is 9.10 Å². The Labute approximate surface area is 212 Å². The first-order valence-corrected chi connectivity index (χ1v) is 12.9. The molecule has 0 aliphatic heterocycles. The lowest BCUT2D eigenvalue weighted by atomic mass is 10.1. The summed E-state index contributed by atoms with van der Waals surface area (Å²) < 4.78 is 29.1. The number of hydrogen-bond donors (Lipinski definition) is 1. The quantitative estimate of drug-likeness (QED) is 0.229. The minimum atomic E-state index is -4.02. The molecule has 0 aliphatic rings. The third-order valence-corrected chi connectivity index (χ3v) is 7.66. The third-order valence-electron chi connectivity index (χ3n) is 4.93. The molecular weight excluding hydrogens is 573 g/mol. The Morgan fingerprint density at radius 2 is 1.67 bits per heavy atom. The topological polar surface area (TPSA) is 78.8 Å². The van der Waals surface area contributed by atoms with Gasteiger partial charge in [0.15, 0.2) is 0 Å². The number of hydrazone groups is 1. The molecule has 3 aromatic carbocycles. The molecule has 0 aromatic heterocycles. The summed E-state index contributed by atoms with van der Waals surface area (Å²) >= 11 is 8.27. The monoisotopic (exact) mass is 595 g/mol. The normalized spacial score (nSPS) is 11.8. The van der Waals surface area contributed by atoms with Gasteiger partial charge in [0.2, 0.25) is 0 Å². The summed E-state index contributed by atoms with van der Waals surface area (Å²) in [7, 11) is -4.02. The van der Waals surface area contributed by atoms with E-state index in [1.807, 2.05) is 31.2 Å². The second kappa shape index (κ2) is 10.7. The fourth-order valence-corrected chi connectivity index (χ4v) is 5.18. The average molecular weight is 596 g/mol. The van der Waals surface area contributed by atoms with Crippen molar-refractivity contribution in [3.63, 3.8) is 0 Å². The predicted molar refractivity (Wildman–Crippen MR) is 141 cm³/mol. The SMILES string of the molecule is C/C(=N/NC(=O)CN(c1ccc(Cl)cc1C)S(=O)(=O)c1ccc(C)cc1)c1ccc(I)cc1. The molecule has 0 heterocycles. The van der Waals surface area contributed by atoms with Gasteiger partial charge in [-0.25, -0.2) is 13.8 Å². The standard InChI is InChI=1S/C24H23ClIN3O3S/c1-16-4-11-22(12-5-16)33(31,32)29(23-13-8-20(25)14-17(23)2)15-24(30)28-27-18(3)19-6-9-21(26)10-7-19/h4-14H,15H2,1-3H3,(H,28,30)/b27-18-. The van der Waals surface area contributed by atoms with Crippen molar-refractivity contribution in [2.75, 3.05) is 10.8 Å². The second-order valence-corrected chi connectivity index (χ2v) is 11.0. The highest BCUT2D eigenvalue weighted by atomic mass is 127. The van der Waals surface area contributed by atoms with Crippen LogP contribution in [0.1, 0.15) is 23.6 Å². The van der Waals surface area contributed by atoms with Crippen molar-refractivity contribution in [2.24, 2.45) is 5.10 Å². The maximum absolute atomic E-state index is 13.5. The number of sulfonamides is 1. The van der Waals surface area contributed by atoms with E-state index in [0.717, 1.165) is 19.0 Å². The molecule has 0 unspecified atom stereocenters. The zero-order valence-electron chi connectivity index (χ0n) is 18.3. The molecule has 33 heavy (non-hydrogen) atoms. The number of halogens is 2. The van der Waals surface area contributed by atoms with E-state index < -0.39 is 22.5 Å². The largest absolute Gasteiger partial charge is 0.271 e. The highest BCUT2D eigenvalue weighted by Crippen LogP contribution is 2.29. The molecule has 0 radical (unpaired) electrons. The Bertz CT molecular complexity index is 1290. The lowest BCUT2D eigenvalue weighted by Crippen LogP contribution is -2.40. The number of benzene rings is 3. The number of carbonyl (C=O) groups is 1. The molecule has 3 aromatic rings. The number of aryl methyl sites for hydroxylation is 2. The Morgan fingerprint density at radius 3 is 2.27 bits per heavy atom. The van der Waals surface area contributed by atoms with E-state index >= 15 is 0 Å². The van der Waals surface area contributed by atoms with Gasteiger partial charge in [0.25, 0.3) is 15.9 Å². The van der Waals surface area contributed by atoms with Gasteiger partial charge in [0, 0.05) is 8.59 Å². The second-order valence-electron chi connectivity index (χ2n) is 7.49. The maximum Gasteiger partial charge on any atom is 0.264 e. The summed E-state index contributed by atoms with van der Waals surface area (Å²) in [5, 5.41) is 4.62. The van der Waals surface area contributed by atoms with Crippen molar-refractivity contribution in [3.8, 4) is 0 Å². The summed E-state index contributed by atoms with van der Waals surface area (Å²) in [5.41, 5.74) is 5.87. The number of anilines is 1. The molecule has 3 rings (SSSR count). The van der Waals surface area contributed by atoms with Gasteiger partial charge >= 0.3 is 0 Å². The predicted octanol–water partition coefficient (Wildman–Crippen LogP) is 5.30. The number of carbonyl (C=O) groups excluding carboxylic acids is 1. The average Bonchev–Trinajstić information content (AvgIpc) is 2.77. The van der Waals surface area contributed by atoms with E-state index in [2.05, 4.69) is 33.1 Å². The first-order chi connectivity index (χ1) is 15.6. The van der Waals surface area contributed by atoms with Crippen LogP contribution in [0.3, 0.4) is 0 Å². The van der Waals surface area contributed by atoms with Crippen molar-refractivity contribution in [1.29, 1.82) is 0 Å². The molecule has 0 spiro atoms. The van der Waals surface area contributed by atoms with Crippen molar-refractivity contribution in [2.45, 2.75) is 25.7 Å². The molecule has 0 saturated heterocycles. The Kier molecular flexibility index (Phi) is 8.14. The molecule has 1 amide bonds. The lowest BCUT2D eigenvalue weighted by molar-refractivity contribution is -0.119. The highest BCUT2D eigenvalue weighted by molar-refractivity contribution is 14.1.